The SMILES string of the molecule is CN(c1cccc(NC(=S)NC2(c3ccncc3)CCCC2)c1)S(C)(=O)=O. The van der Waals surface area contributed by atoms with Gasteiger partial charge in [-0.25, -0.2) is 8.42 Å². The third-order valence-corrected chi connectivity index (χ3v) is 6.42. The largest absolute Gasteiger partial charge is 0.353 e. The lowest BCUT2D eigenvalue weighted by Gasteiger charge is -2.32. The molecule has 6 nitrogen and oxygen atoms in total. The lowest BCUT2D eigenvalue weighted by atomic mass is 9.89. The summed E-state index contributed by atoms with van der Waals surface area (Å²) in [5.74, 6) is 0. The van der Waals surface area contributed by atoms with Gasteiger partial charge in [-0.05, 0) is 61.0 Å². The highest BCUT2D eigenvalue weighted by Crippen LogP contribution is 2.38. The van der Waals surface area contributed by atoms with Gasteiger partial charge in [0.1, 0.15) is 0 Å². The Balaban J connectivity index is 1.76. The molecule has 0 amide bonds. The van der Waals surface area contributed by atoms with Crippen molar-refractivity contribution in [3.05, 3.63) is 54.4 Å². The van der Waals surface area contributed by atoms with Crippen LogP contribution in [-0.2, 0) is 15.6 Å². The predicted molar refractivity (Wildman–Crippen MR) is 113 cm³/mol. The molecule has 3 rings (SSSR count). The van der Waals surface area contributed by atoms with E-state index in [1.54, 1.807) is 30.6 Å². The van der Waals surface area contributed by atoms with Crippen LogP contribution >= 0.6 is 12.2 Å². The van der Waals surface area contributed by atoms with E-state index in [1.807, 2.05) is 18.2 Å². The second-order valence-corrected chi connectivity index (χ2v) is 9.31. The summed E-state index contributed by atoms with van der Waals surface area (Å²) in [5, 5.41) is 7.21. The molecule has 27 heavy (non-hydrogen) atoms. The summed E-state index contributed by atoms with van der Waals surface area (Å²) >= 11 is 5.56. The van der Waals surface area contributed by atoms with Gasteiger partial charge >= 0.3 is 0 Å². The number of nitrogens with one attached hydrogen (secondary N) is 2. The van der Waals surface area contributed by atoms with E-state index in [4.69, 9.17) is 12.2 Å². The van der Waals surface area contributed by atoms with Gasteiger partial charge in [0.05, 0.1) is 17.5 Å². The molecule has 0 aliphatic heterocycles. The molecule has 0 saturated heterocycles. The molecule has 0 unspecified atom stereocenters. The predicted octanol–water partition coefficient (Wildman–Crippen LogP) is 3.23. The number of pyridine rings is 1. The molecule has 1 heterocycles. The number of benzene rings is 1. The van der Waals surface area contributed by atoms with Gasteiger partial charge < -0.3 is 10.6 Å². The van der Waals surface area contributed by atoms with Crippen molar-refractivity contribution >= 4 is 38.7 Å². The maximum Gasteiger partial charge on any atom is 0.231 e. The molecule has 8 heteroatoms. The van der Waals surface area contributed by atoms with Crippen molar-refractivity contribution in [2.75, 3.05) is 22.9 Å². The third kappa shape index (κ3) is 4.56. The normalized spacial score (nSPS) is 15.9. The number of nitrogens with zero attached hydrogens (tertiary/aromatic N) is 2. The summed E-state index contributed by atoms with van der Waals surface area (Å²) in [7, 11) is -1.78. The number of sulfonamides is 1. The maximum atomic E-state index is 11.8. The maximum absolute atomic E-state index is 11.8. The van der Waals surface area contributed by atoms with Crippen molar-refractivity contribution in [3.63, 3.8) is 0 Å². The zero-order chi connectivity index (χ0) is 19.5. The average molecular weight is 405 g/mol. The highest BCUT2D eigenvalue weighted by atomic mass is 32.2. The summed E-state index contributed by atoms with van der Waals surface area (Å²) < 4.78 is 24.8. The van der Waals surface area contributed by atoms with E-state index >= 15 is 0 Å². The van der Waals surface area contributed by atoms with Gasteiger partial charge in [-0.3, -0.25) is 9.29 Å². The molecule has 2 N–H and O–H groups in total. The Kier molecular flexibility index (Phi) is 5.67. The molecule has 0 spiro atoms. The summed E-state index contributed by atoms with van der Waals surface area (Å²) in [6, 6.07) is 11.2. The fourth-order valence-corrected chi connectivity index (χ4v) is 4.30. The van der Waals surface area contributed by atoms with E-state index in [2.05, 4.69) is 15.6 Å². The zero-order valence-electron chi connectivity index (χ0n) is 15.5. The molecule has 0 bridgehead atoms. The van der Waals surface area contributed by atoms with Crippen LogP contribution < -0.4 is 14.9 Å². The molecule has 0 atom stereocenters. The Hall–Kier alpha value is -2.19. The van der Waals surface area contributed by atoms with E-state index < -0.39 is 10.0 Å². The van der Waals surface area contributed by atoms with Crippen molar-refractivity contribution in [1.29, 1.82) is 0 Å². The van der Waals surface area contributed by atoms with E-state index in [0.717, 1.165) is 31.4 Å². The first-order valence-corrected chi connectivity index (χ1v) is 11.1. The molecule has 1 fully saturated rings. The lowest BCUT2D eigenvalue weighted by molar-refractivity contribution is 0.408. The van der Waals surface area contributed by atoms with E-state index in [-0.39, 0.29) is 5.54 Å². The van der Waals surface area contributed by atoms with Crippen molar-refractivity contribution < 1.29 is 8.42 Å². The molecule has 0 radical (unpaired) electrons. The number of rotatable bonds is 5. The van der Waals surface area contributed by atoms with Gasteiger partial charge in [-0.1, -0.05) is 18.9 Å². The first-order chi connectivity index (χ1) is 12.8. The summed E-state index contributed by atoms with van der Waals surface area (Å²) in [6.45, 7) is 0. The van der Waals surface area contributed by atoms with Crippen LogP contribution in [0.1, 0.15) is 31.2 Å². The summed E-state index contributed by atoms with van der Waals surface area (Å²) in [6.07, 6.45) is 9.10. The van der Waals surface area contributed by atoms with Gasteiger partial charge in [0, 0.05) is 25.1 Å². The number of thiocarbonyl (C=S) groups is 1. The van der Waals surface area contributed by atoms with Crippen LogP contribution in [0.25, 0.3) is 0 Å². The summed E-state index contributed by atoms with van der Waals surface area (Å²) in [4.78, 5) is 4.11. The molecular weight excluding hydrogens is 380 g/mol. The molecule has 1 aromatic carbocycles. The standard InChI is InChI=1S/C19H24N4O2S2/c1-23(27(2,24)25)17-7-5-6-16(14-17)21-18(26)22-19(10-3-4-11-19)15-8-12-20-13-9-15/h5-9,12-14H,3-4,10-11H2,1-2H3,(H2,21,22,26). The Morgan fingerprint density at radius 3 is 2.48 bits per heavy atom. The lowest BCUT2D eigenvalue weighted by Crippen LogP contribution is -2.45. The van der Waals surface area contributed by atoms with Crippen LogP contribution in [0.2, 0.25) is 0 Å². The van der Waals surface area contributed by atoms with Crippen LogP contribution in [0.3, 0.4) is 0 Å². The topological polar surface area (TPSA) is 74.3 Å². The molecule has 1 aliphatic rings. The zero-order valence-corrected chi connectivity index (χ0v) is 17.1. The number of hydrogen-bond acceptors (Lipinski definition) is 4. The third-order valence-electron chi connectivity index (χ3n) is 5.01. The Morgan fingerprint density at radius 2 is 1.85 bits per heavy atom. The van der Waals surface area contributed by atoms with Crippen LogP contribution in [0.15, 0.2) is 48.8 Å². The molecule has 2 aromatic rings. The van der Waals surface area contributed by atoms with Crippen molar-refractivity contribution in [2.45, 2.75) is 31.2 Å². The fraction of sp³-hybridized carbons (Fsp3) is 0.368. The van der Waals surface area contributed by atoms with Crippen LogP contribution in [0, 0.1) is 0 Å². The van der Waals surface area contributed by atoms with Crippen molar-refractivity contribution in [3.8, 4) is 0 Å². The minimum atomic E-state index is -3.31. The van der Waals surface area contributed by atoms with Gasteiger partial charge in [0.25, 0.3) is 0 Å². The number of aromatic nitrogens is 1. The minimum Gasteiger partial charge on any atom is -0.353 e. The smallest absolute Gasteiger partial charge is 0.231 e. The minimum absolute atomic E-state index is 0.186. The highest BCUT2D eigenvalue weighted by molar-refractivity contribution is 7.92. The Labute approximate surface area is 166 Å². The van der Waals surface area contributed by atoms with Crippen LogP contribution in [0.5, 0.6) is 0 Å². The van der Waals surface area contributed by atoms with Crippen molar-refractivity contribution in [2.24, 2.45) is 0 Å². The van der Waals surface area contributed by atoms with Gasteiger partial charge in [0.15, 0.2) is 5.11 Å². The van der Waals surface area contributed by atoms with E-state index in [1.165, 1.54) is 23.2 Å². The second-order valence-electron chi connectivity index (χ2n) is 6.89. The summed E-state index contributed by atoms with van der Waals surface area (Å²) in [5.41, 5.74) is 2.32. The average Bonchev–Trinajstić information content (AvgIpc) is 3.11. The van der Waals surface area contributed by atoms with E-state index in [9.17, 15) is 8.42 Å². The Bertz CT molecular complexity index is 910. The van der Waals surface area contributed by atoms with Gasteiger partial charge in [0.2, 0.25) is 10.0 Å². The van der Waals surface area contributed by atoms with Gasteiger partial charge in [-0.2, -0.15) is 0 Å². The molecular formula is C19H24N4O2S2. The molecule has 144 valence electrons. The quantitative estimate of drug-likeness (QED) is 0.746. The van der Waals surface area contributed by atoms with Crippen LogP contribution in [-0.4, -0.2) is 31.8 Å². The fourth-order valence-electron chi connectivity index (χ4n) is 3.49. The second kappa shape index (κ2) is 7.82. The van der Waals surface area contributed by atoms with E-state index in [0.29, 0.717) is 10.8 Å². The van der Waals surface area contributed by atoms with Crippen molar-refractivity contribution in [1.82, 2.24) is 10.3 Å². The molecule has 1 aromatic heterocycles. The first-order valence-electron chi connectivity index (χ1n) is 8.84. The molecule has 1 saturated carbocycles. The highest BCUT2D eigenvalue weighted by Gasteiger charge is 2.36. The van der Waals surface area contributed by atoms with Crippen LogP contribution in [0.4, 0.5) is 11.4 Å². The monoisotopic (exact) mass is 404 g/mol. The number of anilines is 2. The first kappa shape index (κ1) is 19.6. The Morgan fingerprint density at radius 1 is 1.19 bits per heavy atom. The number of hydrogen-bond donors (Lipinski definition) is 2. The molecule has 1 aliphatic carbocycles. The van der Waals surface area contributed by atoms with Gasteiger partial charge in [-0.15, -0.1) is 0 Å².